The number of hydrogen-bond acceptors (Lipinski definition) is 3. The molecule has 0 saturated carbocycles. The number of halogens is 1. The Balaban J connectivity index is 2.18. The molecule has 19 heavy (non-hydrogen) atoms. The summed E-state index contributed by atoms with van der Waals surface area (Å²) < 4.78 is 0. The molecule has 1 aromatic carbocycles. The van der Waals surface area contributed by atoms with Gasteiger partial charge in [-0.1, -0.05) is 18.2 Å². The number of hydrogen-bond donors (Lipinski definition) is 1. The fraction of sp³-hybridized carbons (Fsp3) is 0.0714. The molecule has 5 heteroatoms. The predicted molar refractivity (Wildman–Crippen MR) is 72.9 cm³/mol. The molecule has 0 spiro atoms. The number of pyridine rings is 1. The van der Waals surface area contributed by atoms with Gasteiger partial charge in [-0.25, -0.2) is 4.98 Å². The van der Waals surface area contributed by atoms with E-state index in [4.69, 9.17) is 16.9 Å². The maximum Gasteiger partial charge on any atom is 0.274 e. The number of carbonyl (C=O) groups is 1. The minimum Gasteiger partial charge on any atom is -0.320 e. The molecule has 94 valence electrons. The van der Waals surface area contributed by atoms with E-state index in [1.54, 1.807) is 12.1 Å². The summed E-state index contributed by atoms with van der Waals surface area (Å²) in [5, 5.41) is 11.4. The number of anilines is 1. The van der Waals surface area contributed by atoms with Gasteiger partial charge in [-0.15, -0.1) is 11.6 Å². The van der Waals surface area contributed by atoms with E-state index in [1.807, 2.05) is 24.3 Å². The van der Waals surface area contributed by atoms with Crippen LogP contribution in [0.2, 0.25) is 0 Å². The van der Waals surface area contributed by atoms with E-state index < -0.39 is 0 Å². The summed E-state index contributed by atoms with van der Waals surface area (Å²) in [5.41, 5.74) is 2.17. The molecule has 2 aromatic rings. The zero-order valence-electron chi connectivity index (χ0n) is 9.93. The molecule has 0 unspecified atom stereocenters. The Morgan fingerprint density at radius 3 is 2.74 bits per heavy atom. The first-order valence-electron chi connectivity index (χ1n) is 5.56. The first kappa shape index (κ1) is 13.1. The lowest BCUT2D eigenvalue weighted by molar-refractivity contribution is 0.102. The van der Waals surface area contributed by atoms with Crippen molar-refractivity contribution in [3.8, 4) is 6.07 Å². The first-order chi connectivity index (χ1) is 9.24. The lowest BCUT2D eigenvalue weighted by atomic mass is 10.2. The van der Waals surface area contributed by atoms with Crippen molar-refractivity contribution in [2.75, 3.05) is 5.32 Å². The molecule has 4 nitrogen and oxygen atoms in total. The number of rotatable bonds is 3. The van der Waals surface area contributed by atoms with Gasteiger partial charge in [0.25, 0.3) is 5.91 Å². The lowest BCUT2D eigenvalue weighted by Crippen LogP contribution is -2.14. The van der Waals surface area contributed by atoms with E-state index in [-0.39, 0.29) is 11.6 Å². The highest BCUT2D eigenvalue weighted by molar-refractivity contribution is 6.17. The highest BCUT2D eigenvalue weighted by atomic mass is 35.5. The monoisotopic (exact) mass is 271 g/mol. The lowest BCUT2D eigenvalue weighted by Gasteiger charge is -2.08. The summed E-state index contributed by atoms with van der Waals surface area (Å²) in [5.74, 6) is -0.0147. The number of nitrogens with zero attached hydrogens (tertiary/aromatic N) is 2. The Morgan fingerprint density at radius 1 is 1.32 bits per heavy atom. The van der Waals surface area contributed by atoms with E-state index in [9.17, 15) is 4.79 Å². The number of alkyl halides is 1. The second-order valence-electron chi connectivity index (χ2n) is 3.79. The third kappa shape index (κ3) is 3.09. The summed E-state index contributed by atoms with van der Waals surface area (Å²) in [6.45, 7) is 0. The van der Waals surface area contributed by atoms with E-state index in [0.29, 0.717) is 17.1 Å². The second-order valence-corrected chi connectivity index (χ2v) is 4.06. The maximum atomic E-state index is 12.0. The van der Waals surface area contributed by atoms with Crippen molar-refractivity contribution in [2.45, 2.75) is 5.88 Å². The third-order valence-corrected chi connectivity index (χ3v) is 2.82. The Morgan fingerprint density at radius 2 is 2.11 bits per heavy atom. The molecule has 0 radical (unpaired) electrons. The number of aromatic nitrogens is 1. The number of nitrogens with one attached hydrogen (secondary N) is 1. The third-order valence-electron chi connectivity index (χ3n) is 2.53. The van der Waals surface area contributed by atoms with Crippen molar-refractivity contribution in [3.05, 3.63) is 59.4 Å². The molecule has 0 aliphatic rings. The smallest absolute Gasteiger partial charge is 0.274 e. The van der Waals surface area contributed by atoms with Crippen molar-refractivity contribution < 1.29 is 4.79 Å². The fourth-order valence-corrected chi connectivity index (χ4v) is 1.77. The minimum absolute atomic E-state index is 0.253. The van der Waals surface area contributed by atoms with E-state index in [1.165, 1.54) is 12.3 Å². The van der Waals surface area contributed by atoms with Gasteiger partial charge >= 0.3 is 0 Å². The summed E-state index contributed by atoms with van der Waals surface area (Å²) in [4.78, 5) is 15.9. The average molecular weight is 272 g/mol. The van der Waals surface area contributed by atoms with Gasteiger partial charge in [-0.3, -0.25) is 4.79 Å². The van der Waals surface area contributed by atoms with Gasteiger partial charge in [0.15, 0.2) is 0 Å². The van der Waals surface area contributed by atoms with Crippen LogP contribution in [0.25, 0.3) is 0 Å². The van der Waals surface area contributed by atoms with Crippen LogP contribution in [0.15, 0.2) is 42.6 Å². The van der Waals surface area contributed by atoms with Crippen LogP contribution in [0.5, 0.6) is 0 Å². The van der Waals surface area contributed by atoms with Crippen molar-refractivity contribution in [2.24, 2.45) is 0 Å². The maximum absolute atomic E-state index is 12.0. The zero-order valence-corrected chi connectivity index (χ0v) is 10.7. The standard InChI is InChI=1S/C14H10ClN3O/c15-7-11-3-1-2-4-12(11)18-14(19)13-6-5-10(8-16)9-17-13/h1-6,9H,7H2,(H,18,19). The van der Waals surface area contributed by atoms with E-state index in [2.05, 4.69) is 10.3 Å². The molecule has 1 aromatic heterocycles. The number of amides is 1. The molecular weight excluding hydrogens is 262 g/mol. The number of carbonyl (C=O) groups excluding carboxylic acids is 1. The Kier molecular flexibility index (Phi) is 4.11. The van der Waals surface area contributed by atoms with Crippen LogP contribution < -0.4 is 5.32 Å². The average Bonchev–Trinajstić information content (AvgIpc) is 2.48. The first-order valence-corrected chi connectivity index (χ1v) is 6.09. The van der Waals surface area contributed by atoms with Gasteiger partial charge < -0.3 is 5.32 Å². The van der Waals surface area contributed by atoms with Gasteiger partial charge in [-0.05, 0) is 23.8 Å². The molecule has 0 bridgehead atoms. The Labute approximate surface area is 115 Å². The topological polar surface area (TPSA) is 65.8 Å². The van der Waals surface area contributed by atoms with Gasteiger partial charge in [0, 0.05) is 17.8 Å². The van der Waals surface area contributed by atoms with Gasteiger partial charge in [0.2, 0.25) is 0 Å². The Hall–Kier alpha value is -2.38. The van der Waals surface area contributed by atoms with Crippen LogP contribution in [0.1, 0.15) is 21.6 Å². The quantitative estimate of drug-likeness (QED) is 0.873. The van der Waals surface area contributed by atoms with Crippen molar-refractivity contribution in [1.29, 1.82) is 5.26 Å². The van der Waals surface area contributed by atoms with E-state index >= 15 is 0 Å². The fourth-order valence-electron chi connectivity index (χ4n) is 1.54. The Bertz CT molecular complexity index is 632. The molecule has 0 fully saturated rings. The van der Waals surface area contributed by atoms with Crippen molar-refractivity contribution in [3.63, 3.8) is 0 Å². The summed E-state index contributed by atoms with van der Waals surface area (Å²) >= 11 is 5.80. The number of para-hydroxylation sites is 1. The largest absolute Gasteiger partial charge is 0.320 e. The zero-order chi connectivity index (χ0) is 13.7. The van der Waals surface area contributed by atoms with Crippen LogP contribution in [-0.4, -0.2) is 10.9 Å². The van der Waals surface area contributed by atoms with Gasteiger partial charge in [-0.2, -0.15) is 5.26 Å². The molecule has 0 aliphatic heterocycles. The van der Waals surface area contributed by atoms with Gasteiger partial charge in [0.1, 0.15) is 11.8 Å². The minimum atomic E-state index is -0.331. The van der Waals surface area contributed by atoms with Crippen molar-refractivity contribution >= 4 is 23.2 Å². The molecule has 0 aliphatic carbocycles. The van der Waals surface area contributed by atoms with Crippen molar-refractivity contribution in [1.82, 2.24) is 4.98 Å². The molecule has 0 atom stereocenters. The summed E-state index contributed by atoms with van der Waals surface area (Å²) in [6, 6.07) is 12.3. The van der Waals surface area contributed by atoms with Crippen LogP contribution in [0.3, 0.4) is 0 Å². The highest BCUT2D eigenvalue weighted by Crippen LogP contribution is 2.17. The molecule has 2 rings (SSSR count). The molecule has 0 saturated heterocycles. The molecular formula is C14H10ClN3O. The molecule has 1 amide bonds. The number of benzene rings is 1. The number of nitriles is 1. The predicted octanol–water partition coefficient (Wildman–Crippen LogP) is 2.94. The van der Waals surface area contributed by atoms with Crippen LogP contribution in [0, 0.1) is 11.3 Å². The normalized spacial score (nSPS) is 9.68. The van der Waals surface area contributed by atoms with E-state index in [0.717, 1.165) is 5.56 Å². The van der Waals surface area contributed by atoms with Crippen LogP contribution >= 0.6 is 11.6 Å². The summed E-state index contributed by atoms with van der Waals surface area (Å²) in [7, 11) is 0. The van der Waals surface area contributed by atoms with Crippen LogP contribution in [-0.2, 0) is 5.88 Å². The molecule has 1 heterocycles. The molecule has 1 N–H and O–H groups in total. The van der Waals surface area contributed by atoms with Crippen LogP contribution in [0.4, 0.5) is 5.69 Å². The second kappa shape index (κ2) is 5.98. The van der Waals surface area contributed by atoms with Gasteiger partial charge in [0.05, 0.1) is 5.56 Å². The highest BCUT2D eigenvalue weighted by Gasteiger charge is 2.09. The summed E-state index contributed by atoms with van der Waals surface area (Å²) in [6.07, 6.45) is 1.36. The SMILES string of the molecule is N#Cc1ccc(C(=O)Nc2ccccc2CCl)nc1.